The molecule has 3 aromatic carbocycles. The molecule has 0 aliphatic carbocycles. The molecule has 162 valence electrons. The summed E-state index contributed by atoms with van der Waals surface area (Å²) in [6.07, 6.45) is 2.42. The van der Waals surface area contributed by atoms with Gasteiger partial charge < -0.3 is 14.5 Å². The van der Waals surface area contributed by atoms with Crippen molar-refractivity contribution in [2.24, 2.45) is 0 Å². The molecule has 1 N–H and O–H groups in total. The van der Waals surface area contributed by atoms with E-state index in [2.05, 4.69) is 10.3 Å². The Morgan fingerprint density at radius 1 is 0.938 bits per heavy atom. The van der Waals surface area contributed by atoms with Gasteiger partial charge in [0.2, 0.25) is 5.91 Å². The van der Waals surface area contributed by atoms with Crippen LogP contribution >= 0.6 is 0 Å². The lowest BCUT2D eigenvalue weighted by atomic mass is 9.98. The first-order valence-electron chi connectivity index (χ1n) is 10.8. The van der Waals surface area contributed by atoms with Crippen LogP contribution in [0, 0.1) is 0 Å². The molecule has 1 aromatic heterocycles. The van der Waals surface area contributed by atoms with E-state index in [4.69, 9.17) is 9.15 Å². The molecule has 1 amide bonds. The summed E-state index contributed by atoms with van der Waals surface area (Å²) in [6.45, 7) is 2.57. The van der Waals surface area contributed by atoms with Gasteiger partial charge in [-0.15, -0.1) is 0 Å². The molecule has 4 rings (SSSR count). The summed E-state index contributed by atoms with van der Waals surface area (Å²) in [6, 6.07) is 27.3. The number of nitrogens with zero attached hydrogens (tertiary/aromatic N) is 1. The van der Waals surface area contributed by atoms with Gasteiger partial charge in [0.25, 0.3) is 0 Å². The van der Waals surface area contributed by atoms with Crippen LogP contribution in [0.1, 0.15) is 36.4 Å². The zero-order valence-corrected chi connectivity index (χ0v) is 18.0. The van der Waals surface area contributed by atoms with Crippen LogP contribution in [0.15, 0.2) is 95.5 Å². The first kappa shape index (κ1) is 21.4. The van der Waals surface area contributed by atoms with E-state index in [9.17, 15) is 4.79 Å². The molecular formula is C27H26N2O3. The van der Waals surface area contributed by atoms with Crippen LogP contribution in [0.4, 0.5) is 0 Å². The number of amides is 1. The lowest BCUT2D eigenvalue weighted by Crippen LogP contribution is -2.29. The number of oxazole rings is 1. The molecule has 0 aliphatic heterocycles. The highest BCUT2D eigenvalue weighted by molar-refractivity contribution is 5.77. The minimum Gasteiger partial charge on any atom is -0.494 e. The summed E-state index contributed by atoms with van der Waals surface area (Å²) in [4.78, 5) is 17.1. The van der Waals surface area contributed by atoms with Crippen LogP contribution in [0.2, 0.25) is 0 Å². The second-order valence-electron chi connectivity index (χ2n) is 7.40. The van der Waals surface area contributed by atoms with E-state index in [1.807, 2.05) is 91.9 Å². The second kappa shape index (κ2) is 10.4. The zero-order chi connectivity index (χ0) is 22.2. The summed E-state index contributed by atoms with van der Waals surface area (Å²) in [5.74, 6) is 2.01. The van der Waals surface area contributed by atoms with Crippen LogP contribution in [0.25, 0.3) is 11.3 Å². The Morgan fingerprint density at radius 2 is 1.59 bits per heavy atom. The molecule has 1 unspecified atom stereocenters. The Kier molecular flexibility index (Phi) is 6.98. The Hall–Kier alpha value is -3.86. The Morgan fingerprint density at radius 3 is 2.28 bits per heavy atom. The standard InChI is InChI=1S/C27H26N2O3/c1-2-31-23-15-13-22(14-16-23)27(21-11-7-4-8-12-21)29-25(30)17-18-26-28-19-24(32-26)20-9-5-3-6-10-20/h3-16,19,27H,2,17-18H2,1H3,(H,29,30). The van der Waals surface area contributed by atoms with E-state index in [0.717, 1.165) is 22.4 Å². The number of aryl methyl sites for hydroxylation is 1. The summed E-state index contributed by atoms with van der Waals surface area (Å²) < 4.78 is 11.4. The lowest BCUT2D eigenvalue weighted by Gasteiger charge is -2.20. The van der Waals surface area contributed by atoms with Crippen molar-refractivity contribution >= 4 is 5.91 Å². The normalized spacial score (nSPS) is 11.7. The number of benzene rings is 3. The number of carbonyl (C=O) groups excluding carboxylic acids is 1. The molecule has 5 heteroatoms. The summed E-state index contributed by atoms with van der Waals surface area (Å²) >= 11 is 0. The van der Waals surface area contributed by atoms with Crippen molar-refractivity contribution in [2.45, 2.75) is 25.8 Å². The number of nitrogens with one attached hydrogen (secondary N) is 1. The van der Waals surface area contributed by atoms with Crippen LogP contribution in [0.5, 0.6) is 5.75 Å². The molecule has 1 atom stereocenters. The summed E-state index contributed by atoms with van der Waals surface area (Å²) in [5.41, 5.74) is 2.98. The van der Waals surface area contributed by atoms with E-state index >= 15 is 0 Å². The summed E-state index contributed by atoms with van der Waals surface area (Å²) in [7, 11) is 0. The van der Waals surface area contributed by atoms with Crippen molar-refractivity contribution in [3.63, 3.8) is 0 Å². The molecule has 0 aliphatic rings. The fourth-order valence-electron chi connectivity index (χ4n) is 3.54. The largest absolute Gasteiger partial charge is 0.494 e. The minimum atomic E-state index is -0.246. The Bertz CT molecular complexity index is 1120. The molecule has 0 spiro atoms. The number of ether oxygens (including phenoxy) is 1. The van der Waals surface area contributed by atoms with Gasteiger partial charge in [-0.1, -0.05) is 72.8 Å². The van der Waals surface area contributed by atoms with Crippen LogP contribution in [-0.4, -0.2) is 17.5 Å². The maximum atomic E-state index is 12.8. The van der Waals surface area contributed by atoms with Crippen molar-refractivity contribution in [2.75, 3.05) is 6.61 Å². The predicted octanol–water partition coefficient (Wildman–Crippen LogP) is 5.58. The fourth-order valence-corrected chi connectivity index (χ4v) is 3.54. The first-order chi connectivity index (χ1) is 15.7. The highest BCUT2D eigenvalue weighted by Gasteiger charge is 2.18. The highest BCUT2D eigenvalue weighted by atomic mass is 16.5. The number of aromatic nitrogens is 1. The second-order valence-corrected chi connectivity index (χ2v) is 7.40. The molecule has 1 heterocycles. The lowest BCUT2D eigenvalue weighted by molar-refractivity contribution is -0.121. The van der Waals surface area contributed by atoms with Gasteiger partial charge in [0.1, 0.15) is 5.75 Å². The monoisotopic (exact) mass is 426 g/mol. The van der Waals surface area contributed by atoms with Crippen LogP contribution in [0.3, 0.4) is 0 Å². The average molecular weight is 427 g/mol. The molecule has 5 nitrogen and oxygen atoms in total. The van der Waals surface area contributed by atoms with Gasteiger partial charge >= 0.3 is 0 Å². The van der Waals surface area contributed by atoms with Crippen LogP contribution in [-0.2, 0) is 11.2 Å². The van der Waals surface area contributed by atoms with Gasteiger partial charge in [0.15, 0.2) is 11.7 Å². The van der Waals surface area contributed by atoms with Gasteiger partial charge in [-0.3, -0.25) is 4.79 Å². The van der Waals surface area contributed by atoms with E-state index in [-0.39, 0.29) is 18.4 Å². The SMILES string of the molecule is CCOc1ccc(C(NC(=O)CCc2ncc(-c3ccccc3)o2)c2ccccc2)cc1. The molecule has 32 heavy (non-hydrogen) atoms. The zero-order valence-electron chi connectivity index (χ0n) is 18.0. The third-order valence-electron chi connectivity index (χ3n) is 5.14. The van der Waals surface area contributed by atoms with Crippen molar-refractivity contribution in [1.82, 2.24) is 10.3 Å². The Balaban J connectivity index is 1.43. The van der Waals surface area contributed by atoms with Crippen molar-refractivity contribution in [1.29, 1.82) is 0 Å². The number of carbonyl (C=O) groups is 1. The molecule has 0 saturated carbocycles. The third-order valence-corrected chi connectivity index (χ3v) is 5.14. The minimum absolute atomic E-state index is 0.0628. The predicted molar refractivity (Wildman–Crippen MR) is 124 cm³/mol. The highest BCUT2D eigenvalue weighted by Crippen LogP contribution is 2.25. The summed E-state index contributed by atoms with van der Waals surface area (Å²) in [5, 5.41) is 3.16. The Labute approximate surface area is 188 Å². The number of hydrogen-bond donors (Lipinski definition) is 1. The van der Waals surface area contributed by atoms with E-state index in [1.165, 1.54) is 0 Å². The van der Waals surface area contributed by atoms with Crippen molar-refractivity contribution in [3.05, 3.63) is 108 Å². The van der Waals surface area contributed by atoms with Crippen molar-refractivity contribution < 1.29 is 13.9 Å². The van der Waals surface area contributed by atoms with Gasteiger partial charge in [-0.2, -0.15) is 0 Å². The molecule has 4 aromatic rings. The van der Waals surface area contributed by atoms with E-state index < -0.39 is 0 Å². The quantitative estimate of drug-likeness (QED) is 0.380. The van der Waals surface area contributed by atoms with Gasteiger partial charge in [-0.05, 0) is 30.2 Å². The maximum Gasteiger partial charge on any atom is 0.221 e. The molecule has 0 radical (unpaired) electrons. The van der Waals surface area contributed by atoms with Crippen LogP contribution < -0.4 is 10.1 Å². The molecule has 0 bridgehead atoms. The molecular weight excluding hydrogens is 400 g/mol. The molecule has 0 fully saturated rings. The topological polar surface area (TPSA) is 64.4 Å². The number of hydrogen-bond acceptors (Lipinski definition) is 4. The van der Waals surface area contributed by atoms with Gasteiger partial charge in [0, 0.05) is 18.4 Å². The maximum absolute atomic E-state index is 12.8. The fraction of sp³-hybridized carbons (Fsp3) is 0.185. The van der Waals surface area contributed by atoms with E-state index in [0.29, 0.717) is 24.7 Å². The van der Waals surface area contributed by atoms with Crippen molar-refractivity contribution in [3.8, 4) is 17.1 Å². The first-order valence-corrected chi connectivity index (χ1v) is 10.8. The molecule has 0 saturated heterocycles. The smallest absolute Gasteiger partial charge is 0.221 e. The van der Waals surface area contributed by atoms with Gasteiger partial charge in [0.05, 0.1) is 18.8 Å². The third kappa shape index (κ3) is 5.43. The van der Waals surface area contributed by atoms with Gasteiger partial charge in [-0.25, -0.2) is 4.98 Å². The average Bonchev–Trinajstić information content (AvgIpc) is 3.32. The van der Waals surface area contributed by atoms with E-state index in [1.54, 1.807) is 6.20 Å². The number of rotatable bonds is 9.